The van der Waals surface area contributed by atoms with Gasteiger partial charge in [-0.1, -0.05) is 30.4 Å². The van der Waals surface area contributed by atoms with Crippen molar-refractivity contribution in [3.8, 4) is 0 Å². The van der Waals surface area contributed by atoms with Gasteiger partial charge in [0.2, 0.25) is 5.91 Å². The molecule has 1 amide bonds. The van der Waals surface area contributed by atoms with E-state index in [1.165, 1.54) is 6.08 Å². The Kier molecular flexibility index (Phi) is 8.41. The van der Waals surface area contributed by atoms with Crippen LogP contribution < -0.4 is 5.32 Å². The van der Waals surface area contributed by atoms with Crippen molar-refractivity contribution in [2.75, 3.05) is 6.54 Å². The Bertz CT molecular complexity index is 1710. The van der Waals surface area contributed by atoms with Crippen LogP contribution in [0.3, 0.4) is 0 Å². The number of imidazole rings is 1. The van der Waals surface area contributed by atoms with Crippen molar-refractivity contribution in [2.24, 2.45) is 0 Å². The molecule has 5 aromatic rings. The second-order valence-corrected chi connectivity index (χ2v) is 9.18. The molecule has 1 N–H and O–H groups in total. The largest absolute Gasteiger partial charge is 0.355 e. The number of carbonyl (C=O) groups is 1. The van der Waals surface area contributed by atoms with E-state index in [0.717, 1.165) is 27.9 Å². The van der Waals surface area contributed by atoms with Gasteiger partial charge in [-0.05, 0) is 48.4 Å². The van der Waals surface area contributed by atoms with Gasteiger partial charge in [-0.3, -0.25) is 14.8 Å². The maximum atomic E-state index is 15.0. The van der Waals surface area contributed by atoms with Gasteiger partial charge in [0.15, 0.2) is 0 Å². The Hall–Kier alpha value is -5.05. The van der Waals surface area contributed by atoms with Gasteiger partial charge in [-0.15, -0.1) is 6.58 Å². The molecule has 4 heterocycles. The molecule has 40 heavy (non-hydrogen) atoms. The molecule has 0 spiro atoms. The molecule has 5 rings (SSSR count). The molecular formula is C31H28FN7O. The number of hydrogen-bond acceptors (Lipinski definition) is 6. The standard InChI is InChI=1S/C31H28FN7O/c1-2-3-7-24(18-25(32)19-30(40)35-15-12-26-9-4-5-13-33-26)29-21-37-31-36-20-27(39(31)38-29)17-22-10-11-28-23(16-22)8-6-14-34-28/h2,4-11,13-14,16,18,20-21H,1,3,12,15,17,19H2,(H,35,40)/b24-7+,25-18+. The molecule has 0 radical (unpaired) electrons. The van der Waals surface area contributed by atoms with Gasteiger partial charge in [-0.2, -0.15) is 5.10 Å². The lowest BCUT2D eigenvalue weighted by molar-refractivity contribution is -0.120. The summed E-state index contributed by atoms with van der Waals surface area (Å²) in [5.74, 6) is -0.541. The number of aromatic nitrogens is 6. The first-order valence-corrected chi connectivity index (χ1v) is 13.0. The molecule has 0 bridgehead atoms. The topological polar surface area (TPSA) is 98.0 Å². The zero-order valence-corrected chi connectivity index (χ0v) is 21.9. The van der Waals surface area contributed by atoms with Gasteiger partial charge in [0.05, 0.1) is 30.0 Å². The number of hydrogen-bond donors (Lipinski definition) is 1. The Balaban J connectivity index is 1.32. The van der Waals surface area contributed by atoms with Gasteiger partial charge in [-0.25, -0.2) is 18.9 Å². The average Bonchev–Trinajstić information content (AvgIpc) is 3.37. The van der Waals surface area contributed by atoms with Crippen LogP contribution in [0.2, 0.25) is 0 Å². The molecule has 4 aromatic heterocycles. The Labute approximate surface area is 231 Å². The first-order chi connectivity index (χ1) is 19.6. The van der Waals surface area contributed by atoms with Crippen LogP contribution in [0.1, 0.15) is 35.5 Å². The van der Waals surface area contributed by atoms with Crippen molar-refractivity contribution in [2.45, 2.75) is 25.7 Å². The zero-order chi connectivity index (χ0) is 27.7. The second-order valence-electron chi connectivity index (χ2n) is 9.18. The lowest BCUT2D eigenvalue weighted by Crippen LogP contribution is -2.25. The molecule has 0 saturated carbocycles. The van der Waals surface area contributed by atoms with E-state index in [2.05, 4.69) is 37.9 Å². The molecule has 0 fully saturated rings. The van der Waals surface area contributed by atoms with E-state index < -0.39 is 11.7 Å². The highest BCUT2D eigenvalue weighted by molar-refractivity contribution is 5.80. The van der Waals surface area contributed by atoms with E-state index in [1.807, 2.05) is 42.5 Å². The smallest absolute Gasteiger partial charge is 0.250 e. The van der Waals surface area contributed by atoms with Gasteiger partial charge in [0, 0.05) is 48.4 Å². The third kappa shape index (κ3) is 6.68. The summed E-state index contributed by atoms with van der Waals surface area (Å²) in [4.78, 5) is 29.7. The number of benzene rings is 1. The molecule has 8 nitrogen and oxygen atoms in total. The van der Waals surface area contributed by atoms with Gasteiger partial charge in [0.1, 0.15) is 11.5 Å². The summed E-state index contributed by atoms with van der Waals surface area (Å²) < 4.78 is 16.6. The Morgan fingerprint density at radius 2 is 1.90 bits per heavy atom. The number of halogens is 1. The van der Waals surface area contributed by atoms with E-state index in [-0.39, 0.29) is 6.42 Å². The van der Waals surface area contributed by atoms with Crippen LogP contribution >= 0.6 is 0 Å². The second kappa shape index (κ2) is 12.7. The predicted molar refractivity (Wildman–Crippen MR) is 153 cm³/mol. The van der Waals surface area contributed by atoms with E-state index in [0.29, 0.717) is 42.9 Å². The van der Waals surface area contributed by atoms with Crippen LogP contribution in [0.15, 0.2) is 104 Å². The van der Waals surface area contributed by atoms with E-state index in [1.54, 1.807) is 41.5 Å². The summed E-state index contributed by atoms with van der Waals surface area (Å²) in [5, 5.41) is 8.51. The third-order valence-electron chi connectivity index (χ3n) is 6.22. The number of carbonyl (C=O) groups excluding carboxylic acids is 1. The molecule has 0 unspecified atom stereocenters. The normalized spacial score (nSPS) is 12.1. The van der Waals surface area contributed by atoms with Crippen LogP contribution in [0.4, 0.5) is 4.39 Å². The Morgan fingerprint density at radius 3 is 2.75 bits per heavy atom. The number of amides is 1. The monoisotopic (exact) mass is 533 g/mol. The third-order valence-corrected chi connectivity index (χ3v) is 6.22. The quantitative estimate of drug-likeness (QED) is 0.185. The van der Waals surface area contributed by atoms with Crippen molar-refractivity contribution in [1.82, 2.24) is 34.9 Å². The summed E-state index contributed by atoms with van der Waals surface area (Å²) in [6.45, 7) is 4.13. The zero-order valence-electron chi connectivity index (χ0n) is 21.9. The fourth-order valence-electron chi connectivity index (χ4n) is 4.28. The SMILES string of the molecule is C=CC/C=C(\C=C(\F)CC(=O)NCCc1ccccn1)c1cnc2ncc(Cc3ccc4ncccc4c3)n2n1. The highest BCUT2D eigenvalue weighted by Gasteiger charge is 2.12. The fraction of sp³-hybridized carbons (Fsp3) is 0.161. The van der Waals surface area contributed by atoms with Crippen LogP contribution in [0.25, 0.3) is 22.3 Å². The molecule has 1 aromatic carbocycles. The van der Waals surface area contributed by atoms with Gasteiger partial charge in [0.25, 0.3) is 5.78 Å². The van der Waals surface area contributed by atoms with E-state index in [4.69, 9.17) is 5.10 Å². The fourth-order valence-corrected chi connectivity index (χ4v) is 4.28. The highest BCUT2D eigenvalue weighted by Crippen LogP contribution is 2.20. The van der Waals surface area contributed by atoms with Crippen molar-refractivity contribution in [1.29, 1.82) is 0 Å². The summed E-state index contributed by atoms with van der Waals surface area (Å²) in [6, 6.07) is 15.6. The van der Waals surface area contributed by atoms with E-state index in [9.17, 15) is 9.18 Å². The minimum Gasteiger partial charge on any atom is -0.355 e. The molecule has 200 valence electrons. The molecule has 0 aliphatic rings. The van der Waals surface area contributed by atoms with E-state index >= 15 is 0 Å². The van der Waals surface area contributed by atoms with Crippen molar-refractivity contribution >= 4 is 28.2 Å². The predicted octanol–water partition coefficient (Wildman–Crippen LogP) is 5.22. The molecular weight excluding hydrogens is 505 g/mol. The molecule has 0 aliphatic carbocycles. The summed E-state index contributed by atoms with van der Waals surface area (Å²) >= 11 is 0. The number of nitrogens with zero attached hydrogens (tertiary/aromatic N) is 6. The highest BCUT2D eigenvalue weighted by atomic mass is 19.1. The van der Waals surface area contributed by atoms with Crippen molar-refractivity contribution in [3.05, 3.63) is 127 Å². The van der Waals surface area contributed by atoms with Crippen molar-refractivity contribution < 1.29 is 9.18 Å². The number of nitrogens with one attached hydrogen (secondary N) is 1. The molecule has 0 aliphatic heterocycles. The minimum atomic E-state index is -0.580. The number of pyridine rings is 2. The molecule has 9 heteroatoms. The Morgan fingerprint density at radius 1 is 1.02 bits per heavy atom. The van der Waals surface area contributed by atoms with Crippen LogP contribution in [-0.4, -0.2) is 42.0 Å². The van der Waals surface area contributed by atoms with Gasteiger partial charge >= 0.3 is 0 Å². The lowest BCUT2D eigenvalue weighted by atomic mass is 10.1. The average molecular weight is 534 g/mol. The van der Waals surface area contributed by atoms with Crippen LogP contribution in [-0.2, 0) is 17.6 Å². The first kappa shape index (κ1) is 26.6. The number of rotatable bonds is 11. The van der Waals surface area contributed by atoms with Gasteiger partial charge < -0.3 is 5.32 Å². The molecule has 0 atom stereocenters. The summed E-state index contributed by atoms with van der Waals surface area (Å²) in [7, 11) is 0. The molecule has 0 saturated heterocycles. The van der Waals surface area contributed by atoms with Crippen molar-refractivity contribution in [3.63, 3.8) is 0 Å². The van der Waals surface area contributed by atoms with Crippen LogP contribution in [0, 0.1) is 0 Å². The summed E-state index contributed by atoms with van der Waals surface area (Å²) in [6.07, 6.45) is 12.9. The maximum Gasteiger partial charge on any atom is 0.250 e. The minimum absolute atomic E-state index is 0.377. The number of fused-ring (bicyclic) bond motifs is 2. The first-order valence-electron chi connectivity index (χ1n) is 13.0. The van der Waals surface area contributed by atoms with Crippen LogP contribution in [0.5, 0.6) is 0 Å². The number of allylic oxidation sites excluding steroid dienone is 4. The summed E-state index contributed by atoms with van der Waals surface area (Å²) in [5.41, 5.74) is 4.67. The lowest BCUT2D eigenvalue weighted by Gasteiger charge is -2.07. The maximum absolute atomic E-state index is 15.0.